The van der Waals surface area contributed by atoms with Crippen molar-refractivity contribution >= 4 is 5.69 Å². The van der Waals surface area contributed by atoms with Crippen LogP contribution in [0.15, 0.2) is 18.2 Å². The molecule has 1 aromatic carbocycles. The second-order valence-electron chi connectivity index (χ2n) is 4.24. The summed E-state index contributed by atoms with van der Waals surface area (Å²) in [5.74, 6) is 0.996. The van der Waals surface area contributed by atoms with Crippen LogP contribution in [0.1, 0.15) is 18.4 Å². The first-order chi connectivity index (χ1) is 7.81. The van der Waals surface area contributed by atoms with E-state index in [9.17, 15) is 0 Å². The zero-order chi connectivity index (χ0) is 11.4. The number of aliphatic hydroxyl groups excluding tert-OH is 1. The first kappa shape index (κ1) is 11.3. The first-order valence-electron chi connectivity index (χ1n) is 5.90. The fourth-order valence-electron chi connectivity index (χ4n) is 2.03. The Balaban J connectivity index is 2.07. The molecule has 1 heterocycles. The lowest BCUT2D eigenvalue weighted by Gasteiger charge is -2.31. The number of benzene rings is 1. The zero-order valence-electron chi connectivity index (χ0n) is 9.78. The third kappa shape index (κ3) is 2.47. The summed E-state index contributed by atoms with van der Waals surface area (Å²) in [6.07, 6.45) is 1.91. The maximum atomic E-state index is 8.78. The number of anilines is 1. The van der Waals surface area contributed by atoms with Gasteiger partial charge in [0.25, 0.3) is 0 Å². The van der Waals surface area contributed by atoms with Crippen molar-refractivity contribution in [3.8, 4) is 5.75 Å². The highest BCUT2D eigenvalue weighted by Crippen LogP contribution is 2.32. The number of aryl methyl sites for hydroxylation is 1. The average Bonchev–Trinajstić information content (AvgIpc) is 2.29. The number of nitrogens with zero attached hydrogens (tertiary/aromatic N) is 1. The summed E-state index contributed by atoms with van der Waals surface area (Å²) in [4.78, 5) is 2.34. The van der Waals surface area contributed by atoms with Crippen LogP contribution in [-0.4, -0.2) is 31.4 Å². The number of aliphatic hydroxyl groups is 1. The topological polar surface area (TPSA) is 32.7 Å². The summed E-state index contributed by atoms with van der Waals surface area (Å²) in [6.45, 7) is 5.07. The summed E-state index contributed by atoms with van der Waals surface area (Å²) in [7, 11) is 0. The van der Waals surface area contributed by atoms with Crippen molar-refractivity contribution in [1.82, 2.24) is 0 Å². The maximum absolute atomic E-state index is 8.78. The Morgan fingerprint density at radius 2 is 2.25 bits per heavy atom. The van der Waals surface area contributed by atoms with E-state index in [1.54, 1.807) is 0 Å². The van der Waals surface area contributed by atoms with E-state index in [2.05, 4.69) is 30.0 Å². The minimum absolute atomic E-state index is 0.283. The Labute approximate surface area is 96.6 Å². The van der Waals surface area contributed by atoms with Crippen LogP contribution in [-0.2, 0) is 0 Å². The minimum Gasteiger partial charge on any atom is -0.490 e. The van der Waals surface area contributed by atoms with Crippen molar-refractivity contribution in [2.24, 2.45) is 0 Å². The zero-order valence-corrected chi connectivity index (χ0v) is 9.78. The van der Waals surface area contributed by atoms with E-state index in [4.69, 9.17) is 9.84 Å². The Hall–Kier alpha value is -1.22. The monoisotopic (exact) mass is 221 g/mol. The lowest BCUT2D eigenvalue weighted by atomic mass is 10.1. The fourth-order valence-corrected chi connectivity index (χ4v) is 2.03. The van der Waals surface area contributed by atoms with Crippen LogP contribution in [0.5, 0.6) is 5.75 Å². The SMILES string of the molecule is Cc1ccc2c(c1)OCCN2CCCCO. The molecule has 1 aliphatic heterocycles. The van der Waals surface area contributed by atoms with Crippen LogP contribution in [0, 0.1) is 6.92 Å². The van der Waals surface area contributed by atoms with E-state index >= 15 is 0 Å². The normalized spacial score (nSPS) is 14.5. The van der Waals surface area contributed by atoms with Crippen molar-refractivity contribution in [2.45, 2.75) is 19.8 Å². The van der Waals surface area contributed by atoms with Gasteiger partial charge in [-0.15, -0.1) is 0 Å². The van der Waals surface area contributed by atoms with Crippen LogP contribution in [0.4, 0.5) is 5.69 Å². The molecule has 2 rings (SSSR count). The molecule has 0 aliphatic carbocycles. The van der Waals surface area contributed by atoms with Gasteiger partial charge in [-0.05, 0) is 37.5 Å². The smallest absolute Gasteiger partial charge is 0.142 e. The third-order valence-corrected chi connectivity index (χ3v) is 2.91. The first-order valence-corrected chi connectivity index (χ1v) is 5.90. The molecule has 0 aromatic heterocycles. The van der Waals surface area contributed by atoms with E-state index in [1.807, 2.05) is 0 Å². The highest BCUT2D eigenvalue weighted by molar-refractivity contribution is 5.60. The van der Waals surface area contributed by atoms with Gasteiger partial charge < -0.3 is 14.7 Å². The van der Waals surface area contributed by atoms with Crippen molar-refractivity contribution in [3.63, 3.8) is 0 Å². The van der Waals surface area contributed by atoms with Crippen LogP contribution >= 0.6 is 0 Å². The molecule has 3 nitrogen and oxygen atoms in total. The van der Waals surface area contributed by atoms with Gasteiger partial charge in [-0.1, -0.05) is 6.07 Å². The number of hydrogen-bond acceptors (Lipinski definition) is 3. The molecule has 0 radical (unpaired) electrons. The van der Waals surface area contributed by atoms with Crippen LogP contribution in [0.25, 0.3) is 0 Å². The number of hydrogen-bond donors (Lipinski definition) is 1. The number of rotatable bonds is 4. The van der Waals surface area contributed by atoms with Gasteiger partial charge >= 0.3 is 0 Å². The van der Waals surface area contributed by atoms with Gasteiger partial charge in [-0.2, -0.15) is 0 Å². The molecule has 0 amide bonds. The molecular weight excluding hydrogens is 202 g/mol. The molecule has 0 fully saturated rings. The summed E-state index contributed by atoms with van der Waals surface area (Å²) < 4.78 is 5.65. The lowest BCUT2D eigenvalue weighted by molar-refractivity contribution is 0.281. The maximum Gasteiger partial charge on any atom is 0.142 e. The van der Waals surface area contributed by atoms with E-state index < -0.39 is 0 Å². The number of unbranched alkanes of at least 4 members (excludes halogenated alkanes) is 1. The van der Waals surface area contributed by atoms with E-state index in [-0.39, 0.29) is 6.61 Å². The second kappa shape index (κ2) is 5.21. The van der Waals surface area contributed by atoms with E-state index in [0.29, 0.717) is 0 Å². The van der Waals surface area contributed by atoms with Gasteiger partial charge in [0.05, 0.1) is 12.2 Å². The molecule has 0 saturated heterocycles. The third-order valence-electron chi connectivity index (χ3n) is 2.91. The van der Waals surface area contributed by atoms with Crippen molar-refractivity contribution in [1.29, 1.82) is 0 Å². The van der Waals surface area contributed by atoms with Gasteiger partial charge in [-0.25, -0.2) is 0 Å². The Morgan fingerprint density at radius 1 is 1.38 bits per heavy atom. The summed E-state index contributed by atoms with van der Waals surface area (Å²) >= 11 is 0. The molecule has 1 aliphatic rings. The summed E-state index contributed by atoms with van der Waals surface area (Å²) in [6, 6.07) is 6.34. The minimum atomic E-state index is 0.283. The molecular formula is C13H19NO2. The molecule has 0 saturated carbocycles. The van der Waals surface area contributed by atoms with Crippen LogP contribution < -0.4 is 9.64 Å². The predicted octanol–water partition coefficient (Wildman–Crippen LogP) is 1.97. The lowest BCUT2D eigenvalue weighted by Crippen LogP contribution is -2.33. The van der Waals surface area contributed by atoms with Crippen molar-refractivity contribution in [2.75, 3.05) is 31.2 Å². The molecule has 3 heteroatoms. The summed E-state index contributed by atoms with van der Waals surface area (Å²) in [5, 5.41) is 8.78. The fraction of sp³-hybridized carbons (Fsp3) is 0.538. The van der Waals surface area contributed by atoms with Gasteiger partial charge in [0.2, 0.25) is 0 Å². The Kier molecular flexibility index (Phi) is 3.67. The molecule has 0 unspecified atom stereocenters. The highest BCUT2D eigenvalue weighted by atomic mass is 16.5. The van der Waals surface area contributed by atoms with E-state index in [0.717, 1.165) is 38.3 Å². The van der Waals surface area contributed by atoms with Crippen molar-refractivity contribution in [3.05, 3.63) is 23.8 Å². The van der Waals surface area contributed by atoms with Crippen LogP contribution in [0.3, 0.4) is 0 Å². The largest absolute Gasteiger partial charge is 0.490 e. The van der Waals surface area contributed by atoms with Crippen molar-refractivity contribution < 1.29 is 9.84 Å². The molecule has 0 atom stereocenters. The van der Waals surface area contributed by atoms with Gasteiger partial charge in [0.1, 0.15) is 12.4 Å². The van der Waals surface area contributed by atoms with E-state index in [1.165, 1.54) is 11.3 Å². The molecule has 0 spiro atoms. The van der Waals surface area contributed by atoms with Gasteiger partial charge in [0.15, 0.2) is 0 Å². The van der Waals surface area contributed by atoms with Gasteiger partial charge in [-0.3, -0.25) is 0 Å². The molecule has 88 valence electrons. The van der Waals surface area contributed by atoms with Gasteiger partial charge in [0, 0.05) is 13.2 Å². The summed E-state index contributed by atoms with van der Waals surface area (Å²) in [5.41, 5.74) is 2.42. The quantitative estimate of drug-likeness (QED) is 0.789. The van der Waals surface area contributed by atoms with Crippen LogP contribution in [0.2, 0.25) is 0 Å². The molecule has 1 N–H and O–H groups in total. The Morgan fingerprint density at radius 3 is 3.06 bits per heavy atom. The second-order valence-corrected chi connectivity index (χ2v) is 4.24. The standard InChI is InChI=1S/C13H19NO2/c1-11-4-5-12-13(10-11)16-9-7-14(12)6-2-3-8-15/h4-5,10,15H,2-3,6-9H2,1H3. The molecule has 0 bridgehead atoms. The highest BCUT2D eigenvalue weighted by Gasteiger charge is 2.17. The molecule has 16 heavy (non-hydrogen) atoms. The Bertz CT molecular complexity index is 352. The number of fused-ring (bicyclic) bond motifs is 1. The molecule has 1 aromatic rings. The number of ether oxygens (including phenoxy) is 1. The average molecular weight is 221 g/mol. The predicted molar refractivity (Wildman–Crippen MR) is 65.2 cm³/mol.